The molecule has 0 atom stereocenters. The van der Waals surface area contributed by atoms with Gasteiger partial charge in [-0.3, -0.25) is 4.68 Å². The highest BCUT2D eigenvalue weighted by molar-refractivity contribution is 6.00. The number of nitrogens with one attached hydrogen (secondary N) is 1. The number of carbonyl (C=O) groups excluding carboxylic acids is 1. The van der Waals surface area contributed by atoms with E-state index in [1.54, 1.807) is 29.8 Å². The Labute approximate surface area is 117 Å². The van der Waals surface area contributed by atoms with E-state index in [2.05, 4.69) is 10.4 Å². The van der Waals surface area contributed by atoms with Gasteiger partial charge in [-0.2, -0.15) is 5.10 Å². The first-order valence-electron chi connectivity index (χ1n) is 6.35. The minimum Gasteiger partial charge on any atom is -0.462 e. The first-order chi connectivity index (χ1) is 9.52. The predicted octanol–water partition coefficient (Wildman–Crippen LogP) is 2.23. The Morgan fingerprint density at radius 1 is 1.50 bits per heavy atom. The molecule has 2 aromatic rings. The lowest BCUT2D eigenvalue weighted by Crippen LogP contribution is -2.09. The Hall–Kier alpha value is -2.50. The molecule has 0 spiro atoms. The van der Waals surface area contributed by atoms with Gasteiger partial charge in [-0.1, -0.05) is 6.07 Å². The number of esters is 1. The van der Waals surface area contributed by atoms with Gasteiger partial charge in [0, 0.05) is 13.2 Å². The van der Waals surface area contributed by atoms with E-state index in [1.165, 1.54) is 0 Å². The Morgan fingerprint density at radius 2 is 2.25 bits per heavy atom. The van der Waals surface area contributed by atoms with Crippen molar-refractivity contribution in [3.63, 3.8) is 0 Å². The summed E-state index contributed by atoms with van der Waals surface area (Å²) in [5.74, 6) is -0.399. The molecule has 2 rings (SSSR count). The quantitative estimate of drug-likeness (QED) is 0.660. The second-order valence-electron chi connectivity index (χ2n) is 4.42. The molecule has 0 saturated heterocycles. The van der Waals surface area contributed by atoms with Crippen molar-refractivity contribution in [2.75, 3.05) is 17.7 Å². The zero-order valence-electron chi connectivity index (χ0n) is 11.8. The molecule has 106 valence electrons. The summed E-state index contributed by atoms with van der Waals surface area (Å²) in [7, 11) is 1.83. The molecule has 6 nitrogen and oxygen atoms in total. The average Bonchev–Trinajstić information content (AvgIpc) is 2.70. The lowest BCUT2D eigenvalue weighted by atomic mass is 10.1. The van der Waals surface area contributed by atoms with Crippen LogP contribution in [0.2, 0.25) is 0 Å². The number of hydrogen-bond acceptors (Lipinski definition) is 5. The predicted molar refractivity (Wildman–Crippen MR) is 78.0 cm³/mol. The highest BCUT2D eigenvalue weighted by Gasteiger charge is 2.16. The van der Waals surface area contributed by atoms with Crippen LogP contribution in [0.5, 0.6) is 0 Å². The van der Waals surface area contributed by atoms with Gasteiger partial charge >= 0.3 is 5.97 Å². The number of para-hydroxylation sites is 1. The highest BCUT2D eigenvalue weighted by Crippen LogP contribution is 2.29. The fraction of sp³-hybridized carbons (Fsp3) is 0.286. The molecule has 1 aromatic heterocycles. The van der Waals surface area contributed by atoms with E-state index in [4.69, 9.17) is 10.5 Å². The second-order valence-corrected chi connectivity index (χ2v) is 4.42. The SMILES string of the molecule is CCOC(=O)c1cccc(N)c1Nc1cn(C)nc1C. The van der Waals surface area contributed by atoms with Gasteiger partial charge in [-0.05, 0) is 26.0 Å². The number of rotatable bonds is 4. The molecule has 0 fully saturated rings. The van der Waals surface area contributed by atoms with E-state index in [-0.39, 0.29) is 0 Å². The lowest BCUT2D eigenvalue weighted by molar-refractivity contribution is 0.0527. The van der Waals surface area contributed by atoms with Crippen molar-refractivity contribution in [2.45, 2.75) is 13.8 Å². The topological polar surface area (TPSA) is 82.2 Å². The molecule has 0 aliphatic heterocycles. The molecular weight excluding hydrogens is 256 g/mol. The third-order valence-electron chi connectivity index (χ3n) is 2.87. The van der Waals surface area contributed by atoms with Gasteiger partial charge in [-0.25, -0.2) is 4.79 Å². The van der Waals surface area contributed by atoms with Crippen LogP contribution < -0.4 is 11.1 Å². The molecule has 1 aromatic carbocycles. The van der Waals surface area contributed by atoms with E-state index in [0.717, 1.165) is 11.4 Å². The van der Waals surface area contributed by atoms with Crippen molar-refractivity contribution in [3.05, 3.63) is 35.7 Å². The maximum absolute atomic E-state index is 12.0. The molecule has 0 unspecified atom stereocenters. The summed E-state index contributed by atoms with van der Waals surface area (Å²) in [6, 6.07) is 5.14. The number of aromatic nitrogens is 2. The molecule has 0 aliphatic rings. The van der Waals surface area contributed by atoms with Crippen molar-refractivity contribution in [2.24, 2.45) is 7.05 Å². The Bertz CT molecular complexity index is 634. The van der Waals surface area contributed by atoms with E-state index in [0.29, 0.717) is 23.5 Å². The van der Waals surface area contributed by atoms with E-state index in [1.807, 2.05) is 20.2 Å². The number of anilines is 3. The number of aryl methyl sites for hydroxylation is 2. The lowest BCUT2D eigenvalue weighted by Gasteiger charge is -2.13. The number of nitrogens with zero attached hydrogens (tertiary/aromatic N) is 2. The molecular formula is C14H18N4O2. The summed E-state index contributed by atoms with van der Waals surface area (Å²) in [6.07, 6.45) is 1.83. The standard InChI is InChI=1S/C14H18N4O2/c1-4-20-14(19)10-6-5-7-11(15)13(10)16-12-8-18(3)17-9(12)2/h5-8,16H,4,15H2,1-3H3. The molecule has 0 bridgehead atoms. The van der Waals surface area contributed by atoms with Crippen molar-refractivity contribution < 1.29 is 9.53 Å². The van der Waals surface area contributed by atoms with E-state index >= 15 is 0 Å². The van der Waals surface area contributed by atoms with Gasteiger partial charge in [-0.15, -0.1) is 0 Å². The van der Waals surface area contributed by atoms with Gasteiger partial charge in [0.05, 0.1) is 34.9 Å². The fourth-order valence-electron chi connectivity index (χ4n) is 1.95. The van der Waals surface area contributed by atoms with Gasteiger partial charge in [0.1, 0.15) is 0 Å². The number of benzene rings is 1. The molecule has 1 heterocycles. The van der Waals surface area contributed by atoms with Crippen LogP contribution in [0.3, 0.4) is 0 Å². The maximum Gasteiger partial charge on any atom is 0.340 e. The van der Waals surface area contributed by atoms with Crippen molar-refractivity contribution in [1.29, 1.82) is 0 Å². The Kier molecular flexibility index (Phi) is 3.93. The van der Waals surface area contributed by atoms with Crippen LogP contribution in [0, 0.1) is 6.92 Å². The molecule has 0 saturated carbocycles. The summed E-state index contributed by atoms with van der Waals surface area (Å²) in [6.45, 7) is 3.97. The van der Waals surface area contributed by atoms with Crippen LogP contribution in [-0.2, 0) is 11.8 Å². The zero-order valence-corrected chi connectivity index (χ0v) is 11.8. The van der Waals surface area contributed by atoms with Gasteiger partial charge in [0.2, 0.25) is 0 Å². The molecule has 0 radical (unpaired) electrons. The Balaban J connectivity index is 2.40. The summed E-state index contributed by atoms with van der Waals surface area (Å²) in [4.78, 5) is 12.0. The largest absolute Gasteiger partial charge is 0.462 e. The third kappa shape index (κ3) is 2.74. The van der Waals surface area contributed by atoms with Gasteiger partial charge in [0.15, 0.2) is 0 Å². The van der Waals surface area contributed by atoms with Crippen LogP contribution in [0.4, 0.5) is 17.1 Å². The number of hydrogen-bond donors (Lipinski definition) is 2. The number of carbonyl (C=O) groups is 1. The molecule has 20 heavy (non-hydrogen) atoms. The summed E-state index contributed by atoms with van der Waals surface area (Å²) < 4.78 is 6.74. The summed E-state index contributed by atoms with van der Waals surface area (Å²) >= 11 is 0. The van der Waals surface area contributed by atoms with Crippen LogP contribution in [0.1, 0.15) is 23.0 Å². The first-order valence-corrected chi connectivity index (χ1v) is 6.35. The maximum atomic E-state index is 12.0. The normalized spacial score (nSPS) is 10.3. The van der Waals surface area contributed by atoms with Crippen molar-refractivity contribution >= 4 is 23.0 Å². The Morgan fingerprint density at radius 3 is 2.85 bits per heavy atom. The van der Waals surface area contributed by atoms with Crippen molar-refractivity contribution in [1.82, 2.24) is 9.78 Å². The average molecular weight is 274 g/mol. The van der Waals surface area contributed by atoms with Crippen molar-refractivity contribution in [3.8, 4) is 0 Å². The minimum absolute atomic E-state index is 0.318. The number of nitrogens with two attached hydrogens (primary N) is 1. The molecule has 0 aliphatic carbocycles. The smallest absolute Gasteiger partial charge is 0.340 e. The monoisotopic (exact) mass is 274 g/mol. The summed E-state index contributed by atoms with van der Waals surface area (Å²) in [5.41, 5.74) is 9.03. The molecule has 3 N–H and O–H groups in total. The van der Waals surface area contributed by atoms with Crippen LogP contribution in [-0.4, -0.2) is 22.4 Å². The highest BCUT2D eigenvalue weighted by atomic mass is 16.5. The molecule has 6 heteroatoms. The summed E-state index contributed by atoms with van der Waals surface area (Å²) in [5, 5.41) is 7.40. The third-order valence-corrected chi connectivity index (χ3v) is 2.87. The number of ether oxygens (including phenoxy) is 1. The van der Waals surface area contributed by atoms with Crippen LogP contribution in [0.25, 0.3) is 0 Å². The van der Waals surface area contributed by atoms with E-state index < -0.39 is 5.97 Å². The minimum atomic E-state index is -0.399. The van der Waals surface area contributed by atoms with Crippen LogP contribution >= 0.6 is 0 Å². The van der Waals surface area contributed by atoms with Crippen LogP contribution in [0.15, 0.2) is 24.4 Å². The second kappa shape index (κ2) is 5.64. The first kappa shape index (κ1) is 13.9. The number of nitrogen functional groups attached to an aromatic ring is 1. The molecule has 0 amide bonds. The fourth-order valence-corrected chi connectivity index (χ4v) is 1.95. The van der Waals surface area contributed by atoms with E-state index in [9.17, 15) is 4.79 Å². The van der Waals surface area contributed by atoms with Gasteiger partial charge in [0.25, 0.3) is 0 Å². The van der Waals surface area contributed by atoms with Gasteiger partial charge < -0.3 is 15.8 Å². The zero-order chi connectivity index (χ0) is 14.7.